The first kappa shape index (κ1) is 10.4. The van der Waals surface area contributed by atoms with Gasteiger partial charge in [0, 0.05) is 17.6 Å². The van der Waals surface area contributed by atoms with Crippen molar-refractivity contribution in [1.82, 2.24) is 5.32 Å². The van der Waals surface area contributed by atoms with Crippen LogP contribution in [0.1, 0.15) is 58.3 Å². The Hall–Kier alpha value is -0.0800. The molecular weight excluding hydrogens is 172 g/mol. The number of hydrogen-bond donors (Lipinski definition) is 2. The zero-order chi connectivity index (χ0) is 10.1. The Kier molecular flexibility index (Phi) is 2.85. The van der Waals surface area contributed by atoms with Crippen molar-refractivity contribution in [1.29, 1.82) is 0 Å². The van der Waals surface area contributed by atoms with E-state index in [4.69, 9.17) is 5.73 Å². The molecule has 2 rings (SSSR count). The highest BCUT2D eigenvalue weighted by atomic mass is 15.0. The fourth-order valence-electron chi connectivity index (χ4n) is 2.71. The standard InChI is InChI=1S/C12H24N2/c1-11(6-5-7-11)14-10-12(13)8-3-2-4-9-12/h14H,2-10,13H2,1H3. The monoisotopic (exact) mass is 196 g/mol. The van der Waals surface area contributed by atoms with Gasteiger partial charge in [-0.25, -0.2) is 0 Å². The molecule has 0 heterocycles. The Morgan fingerprint density at radius 1 is 1.00 bits per heavy atom. The van der Waals surface area contributed by atoms with Crippen LogP contribution in [-0.4, -0.2) is 17.6 Å². The number of nitrogens with one attached hydrogen (secondary N) is 1. The van der Waals surface area contributed by atoms with E-state index in [-0.39, 0.29) is 5.54 Å². The minimum Gasteiger partial charge on any atom is -0.324 e. The van der Waals surface area contributed by atoms with E-state index in [1.165, 1.54) is 51.4 Å². The van der Waals surface area contributed by atoms with Crippen molar-refractivity contribution in [2.75, 3.05) is 6.54 Å². The van der Waals surface area contributed by atoms with Crippen LogP contribution in [0.4, 0.5) is 0 Å². The Balaban J connectivity index is 1.77. The Labute approximate surface area is 87.6 Å². The van der Waals surface area contributed by atoms with E-state index in [9.17, 15) is 0 Å². The number of nitrogens with two attached hydrogens (primary N) is 1. The van der Waals surface area contributed by atoms with Gasteiger partial charge in [-0.2, -0.15) is 0 Å². The molecule has 82 valence electrons. The molecule has 2 nitrogen and oxygen atoms in total. The molecule has 2 aliphatic carbocycles. The van der Waals surface area contributed by atoms with Gasteiger partial charge in [-0.1, -0.05) is 19.3 Å². The zero-order valence-electron chi connectivity index (χ0n) is 9.44. The Bertz CT molecular complexity index is 190. The predicted octanol–water partition coefficient (Wildman–Crippen LogP) is 2.18. The highest BCUT2D eigenvalue weighted by Crippen LogP contribution is 2.32. The average molecular weight is 196 g/mol. The summed E-state index contributed by atoms with van der Waals surface area (Å²) in [7, 11) is 0. The van der Waals surface area contributed by atoms with Crippen LogP contribution in [0.25, 0.3) is 0 Å². The van der Waals surface area contributed by atoms with Gasteiger partial charge in [0.2, 0.25) is 0 Å². The van der Waals surface area contributed by atoms with E-state index in [0.717, 1.165) is 6.54 Å². The third-order valence-corrected chi connectivity index (χ3v) is 4.17. The van der Waals surface area contributed by atoms with Crippen molar-refractivity contribution >= 4 is 0 Å². The lowest BCUT2D eigenvalue weighted by atomic mass is 9.76. The molecule has 0 amide bonds. The minimum absolute atomic E-state index is 0.108. The fraction of sp³-hybridized carbons (Fsp3) is 1.00. The average Bonchev–Trinajstić information content (AvgIpc) is 2.13. The molecule has 2 heteroatoms. The summed E-state index contributed by atoms with van der Waals surface area (Å²) in [5.74, 6) is 0. The van der Waals surface area contributed by atoms with Gasteiger partial charge in [-0.3, -0.25) is 0 Å². The van der Waals surface area contributed by atoms with E-state index < -0.39 is 0 Å². The van der Waals surface area contributed by atoms with Gasteiger partial charge in [0.25, 0.3) is 0 Å². The van der Waals surface area contributed by atoms with Gasteiger partial charge < -0.3 is 11.1 Å². The van der Waals surface area contributed by atoms with Crippen molar-refractivity contribution in [3.8, 4) is 0 Å². The molecule has 0 aromatic rings. The topological polar surface area (TPSA) is 38.0 Å². The maximum atomic E-state index is 6.38. The van der Waals surface area contributed by atoms with Crippen molar-refractivity contribution in [2.45, 2.75) is 69.4 Å². The molecule has 0 radical (unpaired) electrons. The SMILES string of the molecule is CC1(NCC2(N)CCCCC2)CCC1. The molecule has 0 unspecified atom stereocenters. The van der Waals surface area contributed by atoms with Gasteiger partial charge in [0.05, 0.1) is 0 Å². The van der Waals surface area contributed by atoms with E-state index in [2.05, 4.69) is 12.2 Å². The van der Waals surface area contributed by atoms with Gasteiger partial charge in [-0.05, 0) is 39.0 Å². The smallest absolute Gasteiger partial charge is 0.0281 e. The van der Waals surface area contributed by atoms with Crippen molar-refractivity contribution in [2.24, 2.45) is 5.73 Å². The van der Waals surface area contributed by atoms with Crippen LogP contribution >= 0.6 is 0 Å². The summed E-state index contributed by atoms with van der Waals surface area (Å²) in [6.45, 7) is 3.37. The summed E-state index contributed by atoms with van der Waals surface area (Å²) >= 11 is 0. The van der Waals surface area contributed by atoms with Crippen molar-refractivity contribution in [3.63, 3.8) is 0 Å². The first-order valence-corrected chi connectivity index (χ1v) is 6.16. The largest absolute Gasteiger partial charge is 0.324 e. The molecule has 14 heavy (non-hydrogen) atoms. The van der Waals surface area contributed by atoms with Gasteiger partial charge in [0.15, 0.2) is 0 Å². The second-order valence-corrected chi connectivity index (χ2v) is 5.69. The lowest BCUT2D eigenvalue weighted by Gasteiger charge is -2.43. The maximum Gasteiger partial charge on any atom is 0.0281 e. The second-order valence-electron chi connectivity index (χ2n) is 5.69. The van der Waals surface area contributed by atoms with Crippen LogP contribution in [-0.2, 0) is 0 Å². The fourth-order valence-corrected chi connectivity index (χ4v) is 2.71. The first-order chi connectivity index (χ1) is 6.62. The summed E-state index contributed by atoms with van der Waals surface area (Å²) in [4.78, 5) is 0. The third kappa shape index (κ3) is 2.29. The molecule has 3 N–H and O–H groups in total. The summed E-state index contributed by atoms with van der Waals surface area (Å²) < 4.78 is 0. The normalized spacial score (nSPS) is 29.6. The predicted molar refractivity (Wildman–Crippen MR) is 60.3 cm³/mol. The van der Waals surface area contributed by atoms with Gasteiger partial charge in [0.1, 0.15) is 0 Å². The molecule has 2 aliphatic rings. The summed E-state index contributed by atoms with van der Waals surface area (Å²) in [5.41, 5.74) is 6.91. The molecule has 0 spiro atoms. The maximum absolute atomic E-state index is 6.38. The zero-order valence-corrected chi connectivity index (χ0v) is 9.44. The number of rotatable bonds is 3. The quantitative estimate of drug-likeness (QED) is 0.726. The summed E-state index contributed by atoms with van der Waals surface area (Å²) in [5, 5.41) is 3.68. The minimum atomic E-state index is 0.108. The highest BCUT2D eigenvalue weighted by molar-refractivity contribution is 4.96. The van der Waals surface area contributed by atoms with Gasteiger partial charge in [-0.15, -0.1) is 0 Å². The van der Waals surface area contributed by atoms with Crippen LogP contribution in [0.5, 0.6) is 0 Å². The van der Waals surface area contributed by atoms with Crippen LogP contribution in [0.2, 0.25) is 0 Å². The summed E-state index contributed by atoms with van der Waals surface area (Å²) in [6, 6.07) is 0. The summed E-state index contributed by atoms with van der Waals surface area (Å²) in [6.07, 6.45) is 10.5. The lowest BCUT2D eigenvalue weighted by molar-refractivity contribution is 0.174. The molecule has 0 aromatic heterocycles. The van der Waals surface area contributed by atoms with Crippen LogP contribution < -0.4 is 11.1 Å². The third-order valence-electron chi connectivity index (χ3n) is 4.17. The number of hydrogen-bond acceptors (Lipinski definition) is 2. The Morgan fingerprint density at radius 2 is 1.64 bits per heavy atom. The van der Waals surface area contributed by atoms with Gasteiger partial charge >= 0.3 is 0 Å². The second kappa shape index (κ2) is 3.82. The van der Waals surface area contributed by atoms with Crippen LogP contribution in [0.15, 0.2) is 0 Å². The first-order valence-electron chi connectivity index (χ1n) is 6.16. The highest BCUT2D eigenvalue weighted by Gasteiger charge is 2.35. The molecule has 0 bridgehead atoms. The van der Waals surface area contributed by atoms with Crippen LogP contribution in [0.3, 0.4) is 0 Å². The van der Waals surface area contributed by atoms with Crippen molar-refractivity contribution in [3.05, 3.63) is 0 Å². The Morgan fingerprint density at radius 3 is 2.14 bits per heavy atom. The molecule has 0 aromatic carbocycles. The van der Waals surface area contributed by atoms with E-state index in [0.29, 0.717) is 5.54 Å². The van der Waals surface area contributed by atoms with Crippen molar-refractivity contribution < 1.29 is 0 Å². The molecule has 2 fully saturated rings. The van der Waals surface area contributed by atoms with E-state index >= 15 is 0 Å². The molecule has 0 atom stereocenters. The molecular formula is C12H24N2. The van der Waals surface area contributed by atoms with E-state index in [1.807, 2.05) is 0 Å². The van der Waals surface area contributed by atoms with Crippen LogP contribution in [0, 0.1) is 0 Å². The molecule has 2 saturated carbocycles. The molecule has 0 aliphatic heterocycles. The molecule has 0 saturated heterocycles. The van der Waals surface area contributed by atoms with E-state index in [1.54, 1.807) is 0 Å². The lowest BCUT2D eigenvalue weighted by Crippen LogP contribution is -2.57.